The number of rotatable bonds is 6. The Kier molecular flexibility index (Phi) is 84.9. The van der Waals surface area contributed by atoms with Crippen LogP contribution in [0.25, 0.3) is 0 Å². The third-order valence-electron chi connectivity index (χ3n) is 7.61. The smallest absolute Gasteiger partial charge is 0.115 e. The zero-order chi connectivity index (χ0) is 57.7. The summed E-state index contributed by atoms with van der Waals surface area (Å²) in [7, 11) is 0. The maximum atomic E-state index is 4.18. The molecule has 73 heavy (non-hydrogen) atoms. The maximum absolute atomic E-state index is 4.18. The minimum absolute atomic E-state index is 0. The predicted molar refractivity (Wildman–Crippen MR) is 330 cm³/mol. The fourth-order valence-corrected chi connectivity index (χ4v) is 4.02. The van der Waals surface area contributed by atoms with E-state index in [-0.39, 0.29) is 7.43 Å². The summed E-state index contributed by atoms with van der Waals surface area (Å²) in [6.45, 7) is 60.1. The van der Waals surface area contributed by atoms with Gasteiger partial charge < -0.3 is 0 Å². The highest BCUT2D eigenvalue weighted by Crippen LogP contribution is 2.12. The first-order chi connectivity index (χ1) is 34.6. The van der Waals surface area contributed by atoms with Crippen LogP contribution in [0.15, 0.2) is 129 Å². The van der Waals surface area contributed by atoms with Gasteiger partial charge in [-0.15, -0.1) is 0 Å². The summed E-state index contributed by atoms with van der Waals surface area (Å²) in [6.07, 6.45) is 21.3. The molecular weight excluding hydrogens is 895 g/mol. The van der Waals surface area contributed by atoms with Gasteiger partial charge in [-0.3, -0.25) is 24.9 Å². The SMILES string of the molecule is C.CC.CC.CC.CC.CC.CC.CC.CC(C)C.CC(C)c1ccccn1.CC(C)c1cccnc1.CC(C)c1cccnn1.CC(C)c1ccncc1.CC(C)c1cnccn1.CC(C)c1cncnc1. The highest BCUT2D eigenvalue weighted by molar-refractivity contribution is 5.14. The van der Waals surface area contributed by atoms with Gasteiger partial charge in [-0.25, -0.2) is 9.97 Å². The monoisotopic (exact) mass is 1010 g/mol. The summed E-state index contributed by atoms with van der Waals surface area (Å²) in [4.78, 5) is 28.0. The molecule has 6 aromatic rings. The fraction of sp³-hybridized carbons (Fsp3) is 0.578. The van der Waals surface area contributed by atoms with E-state index in [1.807, 2.05) is 183 Å². The van der Waals surface area contributed by atoms with Gasteiger partial charge in [0, 0.05) is 73.9 Å². The van der Waals surface area contributed by atoms with Crippen LogP contribution in [0.1, 0.15) is 277 Å². The van der Waals surface area contributed by atoms with Gasteiger partial charge in [-0.05, 0) is 101 Å². The van der Waals surface area contributed by atoms with Crippen LogP contribution in [0.3, 0.4) is 0 Å². The molecule has 6 heterocycles. The first-order valence-electron chi connectivity index (χ1n) is 27.6. The largest absolute Gasteiger partial charge is 0.265 e. The summed E-state index contributed by atoms with van der Waals surface area (Å²) < 4.78 is 0. The number of hydrogen-bond acceptors (Lipinski definition) is 9. The van der Waals surface area contributed by atoms with Crippen molar-refractivity contribution in [3.8, 4) is 0 Å². The maximum Gasteiger partial charge on any atom is 0.115 e. The molecule has 0 unspecified atom stereocenters. The predicted octanol–water partition coefficient (Wildman–Crippen LogP) is 20.9. The van der Waals surface area contributed by atoms with Gasteiger partial charge >= 0.3 is 0 Å². The van der Waals surface area contributed by atoms with Crippen molar-refractivity contribution in [2.75, 3.05) is 0 Å². The standard InChI is InChI=1S/3C8H11N.3C7H10N2.C4H10.7C2H6.CH4/c1-7(2)8-3-5-9-6-4-8;1-7(2)8-4-3-5-9-6-8;1-7(2)8-5-3-4-6-9-8;1-6(2)7-3-8-5-9-4-7;1-6(2)7-5-8-3-4-9-7;1-6(2)7-4-3-5-8-9-7;1-4(2)3;7*1-2;/h3*3-7H,1-2H3;3*3-6H,1-2H3;4H,1-3H3;7*1-2H3;1H4. The summed E-state index contributed by atoms with van der Waals surface area (Å²) in [5.41, 5.74) is 7.12. The molecule has 0 amide bonds. The quantitative estimate of drug-likeness (QED) is 0.161. The Bertz CT molecular complexity index is 1400. The molecule has 0 fully saturated rings. The van der Waals surface area contributed by atoms with E-state index in [0.29, 0.717) is 35.5 Å². The highest BCUT2D eigenvalue weighted by Gasteiger charge is 1.99. The first kappa shape index (κ1) is 87.4. The van der Waals surface area contributed by atoms with Crippen molar-refractivity contribution in [1.29, 1.82) is 0 Å². The second-order valence-corrected chi connectivity index (χ2v) is 15.9. The summed E-state index contributed by atoms with van der Waals surface area (Å²) >= 11 is 0. The molecule has 0 N–H and O–H groups in total. The molecule has 0 spiro atoms. The molecule has 0 radical (unpaired) electrons. The van der Waals surface area contributed by atoms with E-state index < -0.39 is 0 Å². The molecule has 420 valence electrons. The zero-order valence-corrected chi connectivity index (χ0v) is 52.2. The van der Waals surface area contributed by atoms with Gasteiger partial charge in [-0.1, -0.05) is 220 Å². The van der Waals surface area contributed by atoms with Gasteiger partial charge in [0.2, 0.25) is 0 Å². The van der Waals surface area contributed by atoms with E-state index in [0.717, 1.165) is 23.0 Å². The molecule has 0 saturated heterocycles. The topological polar surface area (TPSA) is 116 Å². The zero-order valence-electron chi connectivity index (χ0n) is 52.2. The first-order valence-corrected chi connectivity index (χ1v) is 27.6. The second-order valence-electron chi connectivity index (χ2n) is 15.9. The van der Waals surface area contributed by atoms with E-state index in [4.69, 9.17) is 0 Å². The van der Waals surface area contributed by atoms with Crippen LogP contribution < -0.4 is 0 Å². The molecule has 0 aliphatic heterocycles. The van der Waals surface area contributed by atoms with Crippen molar-refractivity contribution in [2.24, 2.45) is 5.92 Å². The van der Waals surface area contributed by atoms with Gasteiger partial charge in [0.1, 0.15) is 6.33 Å². The molecule has 0 aliphatic rings. The molecule has 9 nitrogen and oxygen atoms in total. The van der Waals surface area contributed by atoms with Crippen LogP contribution in [-0.2, 0) is 0 Å². The molecule has 0 saturated carbocycles. The summed E-state index contributed by atoms with van der Waals surface area (Å²) in [5, 5.41) is 7.68. The van der Waals surface area contributed by atoms with Crippen LogP contribution in [0.4, 0.5) is 0 Å². The minimum atomic E-state index is 0. The van der Waals surface area contributed by atoms with Crippen molar-refractivity contribution in [3.63, 3.8) is 0 Å². The normalized spacial score (nSPS) is 8.55. The van der Waals surface area contributed by atoms with Crippen LogP contribution in [0, 0.1) is 5.92 Å². The lowest BCUT2D eigenvalue weighted by atomic mass is 10.1. The van der Waals surface area contributed by atoms with Crippen molar-refractivity contribution in [2.45, 2.75) is 244 Å². The van der Waals surface area contributed by atoms with E-state index in [1.165, 1.54) is 16.7 Å². The second kappa shape index (κ2) is 70.9. The van der Waals surface area contributed by atoms with Crippen molar-refractivity contribution in [3.05, 3.63) is 163 Å². The fourth-order valence-electron chi connectivity index (χ4n) is 4.02. The number of aromatic nitrogens is 9. The van der Waals surface area contributed by atoms with Gasteiger partial charge in [0.25, 0.3) is 0 Å². The van der Waals surface area contributed by atoms with E-state index >= 15 is 0 Å². The Morgan fingerprint density at radius 1 is 0.288 bits per heavy atom. The van der Waals surface area contributed by atoms with Gasteiger partial charge in [0.15, 0.2) is 0 Å². The molecule has 0 bridgehead atoms. The lowest BCUT2D eigenvalue weighted by molar-refractivity contribution is 0.737. The lowest BCUT2D eigenvalue weighted by Crippen LogP contribution is -1.92. The van der Waals surface area contributed by atoms with Crippen LogP contribution in [0.5, 0.6) is 0 Å². The van der Waals surface area contributed by atoms with Gasteiger partial charge in [0.05, 0.1) is 11.4 Å². The van der Waals surface area contributed by atoms with Crippen LogP contribution in [0.2, 0.25) is 0 Å². The Hall–Kier alpha value is -5.31. The van der Waals surface area contributed by atoms with Crippen LogP contribution >= 0.6 is 0 Å². The molecular formula is C64H119N9. The Labute approximate surface area is 455 Å². The van der Waals surface area contributed by atoms with Crippen molar-refractivity contribution >= 4 is 0 Å². The van der Waals surface area contributed by atoms with Crippen LogP contribution in [-0.4, -0.2) is 45.1 Å². The van der Waals surface area contributed by atoms with E-state index in [1.54, 1.807) is 37.3 Å². The Morgan fingerprint density at radius 2 is 0.685 bits per heavy atom. The average molecular weight is 1010 g/mol. The Morgan fingerprint density at radius 3 is 0.932 bits per heavy atom. The average Bonchev–Trinajstić information content (AvgIpc) is 3.44. The highest BCUT2D eigenvalue weighted by atomic mass is 15.1. The van der Waals surface area contributed by atoms with E-state index in [9.17, 15) is 0 Å². The molecule has 0 atom stereocenters. The Balaban J connectivity index is -0.0000000901. The molecule has 9 heteroatoms. The summed E-state index contributed by atoms with van der Waals surface area (Å²) in [6, 6.07) is 18.0. The number of hydrogen-bond donors (Lipinski definition) is 0. The molecule has 6 rings (SSSR count). The molecule has 0 aromatic carbocycles. The third-order valence-corrected chi connectivity index (χ3v) is 7.61. The third kappa shape index (κ3) is 62.7. The minimum Gasteiger partial charge on any atom is -0.265 e. The number of pyridine rings is 3. The van der Waals surface area contributed by atoms with Crippen molar-refractivity contribution < 1.29 is 0 Å². The number of nitrogens with zero attached hydrogens (tertiary/aromatic N) is 9. The van der Waals surface area contributed by atoms with E-state index in [2.05, 4.69) is 155 Å². The van der Waals surface area contributed by atoms with Crippen molar-refractivity contribution in [1.82, 2.24) is 45.1 Å². The summed E-state index contributed by atoms with van der Waals surface area (Å²) in [5.74, 6) is 4.10. The lowest BCUT2D eigenvalue weighted by Gasteiger charge is -2.01. The molecule has 0 aliphatic carbocycles. The van der Waals surface area contributed by atoms with Gasteiger partial charge in [-0.2, -0.15) is 10.2 Å². The molecule has 6 aromatic heterocycles.